The van der Waals surface area contributed by atoms with Gasteiger partial charge < -0.3 is 10.4 Å². The van der Waals surface area contributed by atoms with Crippen LogP contribution < -0.4 is 5.32 Å². The van der Waals surface area contributed by atoms with E-state index in [0.29, 0.717) is 0 Å². The van der Waals surface area contributed by atoms with Crippen molar-refractivity contribution in [3.05, 3.63) is 28.7 Å². The molecule has 1 aromatic carbocycles. The van der Waals surface area contributed by atoms with Crippen LogP contribution >= 0.6 is 15.9 Å². The standard InChI is InChI=1S/C11H16BrNO/c1-11(2,14)6-7-13-10-5-3-4-9(12)8-10/h3-5,8,13-14H,6-7H2,1-2H3. The Kier molecular flexibility index (Phi) is 3.96. The van der Waals surface area contributed by atoms with E-state index in [9.17, 15) is 5.11 Å². The average Bonchev–Trinajstić information content (AvgIpc) is 2.01. The quantitative estimate of drug-likeness (QED) is 0.870. The molecule has 0 fully saturated rings. The first-order valence-corrected chi connectivity index (χ1v) is 5.48. The van der Waals surface area contributed by atoms with Crippen molar-refractivity contribution in [3.8, 4) is 0 Å². The Morgan fingerprint density at radius 3 is 2.71 bits per heavy atom. The molecular weight excluding hydrogens is 242 g/mol. The number of aliphatic hydroxyl groups is 1. The maximum Gasteiger partial charge on any atom is 0.0608 e. The fourth-order valence-electron chi connectivity index (χ4n) is 1.11. The molecule has 0 aliphatic carbocycles. The van der Waals surface area contributed by atoms with Crippen LogP contribution in [-0.2, 0) is 0 Å². The largest absolute Gasteiger partial charge is 0.390 e. The molecule has 0 unspecified atom stereocenters. The highest BCUT2D eigenvalue weighted by Gasteiger charge is 2.10. The molecule has 3 heteroatoms. The van der Waals surface area contributed by atoms with E-state index in [2.05, 4.69) is 21.2 Å². The number of nitrogens with one attached hydrogen (secondary N) is 1. The summed E-state index contributed by atoms with van der Waals surface area (Å²) in [5.74, 6) is 0. The molecular formula is C11H16BrNO. The van der Waals surface area contributed by atoms with Gasteiger partial charge in [0, 0.05) is 16.7 Å². The van der Waals surface area contributed by atoms with E-state index in [1.807, 2.05) is 38.1 Å². The second kappa shape index (κ2) is 4.80. The lowest BCUT2D eigenvalue weighted by Crippen LogP contribution is -2.22. The zero-order valence-electron chi connectivity index (χ0n) is 8.55. The van der Waals surface area contributed by atoms with Crippen LogP contribution in [0.2, 0.25) is 0 Å². The van der Waals surface area contributed by atoms with Crippen molar-refractivity contribution in [2.45, 2.75) is 25.9 Å². The van der Waals surface area contributed by atoms with Crippen LogP contribution in [0.5, 0.6) is 0 Å². The molecule has 0 aliphatic heterocycles. The van der Waals surface area contributed by atoms with Gasteiger partial charge in [0.1, 0.15) is 0 Å². The molecule has 0 aliphatic rings. The average molecular weight is 258 g/mol. The van der Waals surface area contributed by atoms with Gasteiger partial charge in [-0.3, -0.25) is 0 Å². The fraction of sp³-hybridized carbons (Fsp3) is 0.455. The monoisotopic (exact) mass is 257 g/mol. The number of halogens is 1. The molecule has 0 saturated carbocycles. The number of rotatable bonds is 4. The lowest BCUT2D eigenvalue weighted by molar-refractivity contribution is 0.0749. The van der Waals surface area contributed by atoms with Gasteiger partial charge in [0.15, 0.2) is 0 Å². The van der Waals surface area contributed by atoms with E-state index in [1.165, 1.54) is 0 Å². The van der Waals surface area contributed by atoms with Crippen molar-refractivity contribution in [1.82, 2.24) is 0 Å². The third kappa shape index (κ3) is 4.63. The second-order valence-corrected chi connectivity index (χ2v) is 4.92. The molecule has 0 aromatic heterocycles. The predicted octanol–water partition coefficient (Wildman–Crippen LogP) is 3.02. The van der Waals surface area contributed by atoms with Gasteiger partial charge in [-0.15, -0.1) is 0 Å². The second-order valence-electron chi connectivity index (χ2n) is 4.00. The normalized spacial score (nSPS) is 11.4. The predicted molar refractivity (Wildman–Crippen MR) is 63.5 cm³/mol. The molecule has 0 spiro atoms. The van der Waals surface area contributed by atoms with E-state index in [-0.39, 0.29) is 0 Å². The SMILES string of the molecule is CC(C)(O)CCNc1cccc(Br)c1. The summed E-state index contributed by atoms with van der Waals surface area (Å²) in [6.45, 7) is 4.41. The summed E-state index contributed by atoms with van der Waals surface area (Å²) in [5, 5.41) is 12.8. The van der Waals surface area contributed by atoms with Crippen LogP contribution in [0.25, 0.3) is 0 Å². The van der Waals surface area contributed by atoms with Gasteiger partial charge in [-0.25, -0.2) is 0 Å². The van der Waals surface area contributed by atoms with Crippen LogP contribution in [0.4, 0.5) is 5.69 Å². The van der Waals surface area contributed by atoms with E-state index in [4.69, 9.17) is 0 Å². The maximum absolute atomic E-state index is 9.50. The minimum Gasteiger partial charge on any atom is -0.390 e. The van der Waals surface area contributed by atoms with Gasteiger partial charge in [-0.1, -0.05) is 22.0 Å². The molecule has 0 saturated heterocycles. The van der Waals surface area contributed by atoms with Crippen LogP contribution in [0.15, 0.2) is 28.7 Å². The Morgan fingerprint density at radius 2 is 2.14 bits per heavy atom. The summed E-state index contributed by atoms with van der Waals surface area (Å²) in [4.78, 5) is 0. The highest BCUT2D eigenvalue weighted by atomic mass is 79.9. The Balaban J connectivity index is 2.39. The summed E-state index contributed by atoms with van der Waals surface area (Å²) in [6, 6.07) is 8.00. The van der Waals surface area contributed by atoms with Gasteiger partial charge in [-0.05, 0) is 38.5 Å². The maximum atomic E-state index is 9.50. The van der Waals surface area contributed by atoms with Crippen molar-refractivity contribution < 1.29 is 5.11 Å². The highest BCUT2D eigenvalue weighted by Crippen LogP contribution is 2.16. The molecule has 0 heterocycles. The third-order valence-corrected chi connectivity index (χ3v) is 2.38. The van der Waals surface area contributed by atoms with Crippen LogP contribution in [0.1, 0.15) is 20.3 Å². The minimum absolute atomic E-state index is 0.598. The van der Waals surface area contributed by atoms with Crippen LogP contribution in [-0.4, -0.2) is 17.3 Å². The van der Waals surface area contributed by atoms with E-state index in [0.717, 1.165) is 23.1 Å². The van der Waals surface area contributed by atoms with E-state index < -0.39 is 5.60 Å². The molecule has 0 bridgehead atoms. The minimum atomic E-state index is -0.598. The molecule has 2 N–H and O–H groups in total. The Bertz CT molecular complexity index is 294. The zero-order chi connectivity index (χ0) is 10.6. The van der Waals surface area contributed by atoms with Crippen molar-refractivity contribution in [2.75, 3.05) is 11.9 Å². The summed E-state index contributed by atoms with van der Waals surface area (Å²) < 4.78 is 1.06. The highest BCUT2D eigenvalue weighted by molar-refractivity contribution is 9.10. The number of benzene rings is 1. The van der Waals surface area contributed by atoms with Gasteiger partial charge in [-0.2, -0.15) is 0 Å². The van der Waals surface area contributed by atoms with Crippen LogP contribution in [0, 0.1) is 0 Å². The Hall–Kier alpha value is -0.540. The molecule has 0 radical (unpaired) electrons. The van der Waals surface area contributed by atoms with Crippen molar-refractivity contribution in [1.29, 1.82) is 0 Å². The summed E-state index contributed by atoms with van der Waals surface area (Å²) in [6.07, 6.45) is 0.736. The first-order valence-electron chi connectivity index (χ1n) is 4.69. The summed E-state index contributed by atoms with van der Waals surface area (Å²) in [7, 11) is 0. The van der Waals surface area contributed by atoms with Gasteiger partial charge in [0.2, 0.25) is 0 Å². The van der Waals surface area contributed by atoms with E-state index >= 15 is 0 Å². The zero-order valence-corrected chi connectivity index (χ0v) is 10.1. The van der Waals surface area contributed by atoms with E-state index in [1.54, 1.807) is 0 Å². The smallest absolute Gasteiger partial charge is 0.0608 e. The van der Waals surface area contributed by atoms with Crippen molar-refractivity contribution >= 4 is 21.6 Å². The molecule has 0 atom stereocenters. The number of hydrogen-bond acceptors (Lipinski definition) is 2. The summed E-state index contributed by atoms with van der Waals surface area (Å²) in [5.41, 5.74) is 0.475. The molecule has 1 aromatic rings. The van der Waals surface area contributed by atoms with Gasteiger partial charge >= 0.3 is 0 Å². The van der Waals surface area contributed by atoms with Gasteiger partial charge in [0.25, 0.3) is 0 Å². The number of anilines is 1. The lowest BCUT2D eigenvalue weighted by atomic mass is 10.1. The molecule has 0 amide bonds. The summed E-state index contributed by atoms with van der Waals surface area (Å²) >= 11 is 3.40. The van der Waals surface area contributed by atoms with Crippen LogP contribution in [0.3, 0.4) is 0 Å². The topological polar surface area (TPSA) is 32.3 Å². The molecule has 78 valence electrons. The van der Waals surface area contributed by atoms with Crippen molar-refractivity contribution in [3.63, 3.8) is 0 Å². The number of hydrogen-bond donors (Lipinski definition) is 2. The Morgan fingerprint density at radius 1 is 1.43 bits per heavy atom. The molecule has 1 rings (SSSR count). The lowest BCUT2D eigenvalue weighted by Gasteiger charge is -2.17. The van der Waals surface area contributed by atoms with Gasteiger partial charge in [0.05, 0.1) is 5.60 Å². The fourth-order valence-corrected chi connectivity index (χ4v) is 1.51. The first kappa shape index (κ1) is 11.5. The molecule has 14 heavy (non-hydrogen) atoms. The third-order valence-electron chi connectivity index (χ3n) is 1.89. The van der Waals surface area contributed by atoms with Crippen molar-refractivity contribution in [2.24, 2.45) is 0 Å². The first-order chi connectivity index (χ1) is 6.47. The molecule has 2 nitrogen and oxygen atoms in total. The Labute approximate surface area is 93.5 Å².